The van der Waals surface area contributed by atoms with Gasteiger partial charge in [-0.25, -0.2) is 14.6 Å². The van der Waals surface area contributed by atoms with Gasteiger partial charge in [0.2, 0.25) is 5.16 Å². The predicted molar refractivity (Wildman–Crippen MR) is 103 cm³/mol. The van der Waals surface area contributed by atoms with Crippen LogP contribution in [0.25, 0.3) is 17.4 Å². The van der Waals surface area contributed by atoms with Crippen molar-refractivity contribution in [3.63, 3.8) is 0 Å². The maximum atomic E-state index is 11.6. The van der Waals surface area contributed by atoms with Crippen LogP contribution in [0.5, 0.6) is 0 Å². The number of nitrogens with one attached hydrogen (secondary N) is 1. The number of H-pyrrole nitrogens is 1. The Balaban J connectivity index is 1.79. The summed E-state index contributed by atoms with van der Waals surface area (Å²) in [5.41, 5.74) is 0.862. The molecule has 0 spiro atoms. The average molecular weight is 399 g/mol. The minimum absolute atomic E-state index is 0.0178. The van der Waals surface area contributed by atoms with Crippen molar-refractivity contribution < 1.29 is 24.2 Å². The number of carbonyl (C=O) groups is 2. The fourth-order valence-electron chi connectivity index (χ4n) is 2.40. The molecule has 3 aromatic rings. The third-order valence-corrected chi connectivity index (χ3v) is 4.60. The van der Waals surface area contributed by atoms with Gasteiger partial charge in [-0.2, -0.15) is 0 Å². The number of hydrogen-bond donors (Lipinski definition) is 3. The maximum Gasteiger partial charge on any atom is 0.342 e. The van der Waals surface area contributed by atoms with Gasteiger partial charge in [0.05, 0.1) is 5.56 Å². The molecule has 1 aromatic carbocycles. The molecule has 0 aliphatic carbocycles. The number of carboxylic acid groups (broad SMARTS) is 2. The Hall–Kier alpha value is -3.33. The van der Waals surface area contributed by atoms with Crippen LogP contribution in [0.15, 0.2) is 50.9 Å². The van der Waals surface area contributed by atoms with Crippen molar-refractivity contribution in [2.75, 3.05) is 0 Å². The van der Waals surface area contributed by atoms with Gasteiger partial charge in [0.15, 0.2) is 0 Å². The number of aromatic nitrogens is 3. The van der Waals surface area contributed by atoms with E-state index in [1.54, 1.807) is 24.3 Å². The molecule has 28 heavy (non-hydrogen) atoms. The number of aliphatic carboxylic acids is 1. The van der Waals surface area contributed by atoms with E-state index in [0.717, 1.165) is 24.6 Å². The standard InChI is InChI=1S/C19H17N3O5S/c1-2-3-16-20-19(22-21-16)28-15(18(25)26)10-13-8-9-14(27-13)11-4-6-12(7-5-11)17(23)24/h4-10H,2-3H2,1H3,(H,23,24)(H,25,26)(H,20,21,22)/b15-10-. The van der Waals surface area contributed by atoms with Crippen LogP contribution < -0.4 is 0 Å². The summed E-state index contributed by atoms with van der Waals surface area (Å²) in [6, 6.07) is 9.55. The van der Waals surface area contributed by atoms with Crippen molar-refractivity contribution >= 4 is 29.8 Å². The van der Waals surface area contributed by atoms with Crippen molar-refractivity contribution in [2.45, 2.75) is 24.9 Å². The number of benzene rings is 1. The van der Waals surface area contributed by atoms with E-state index in [2.05, 4.69) is 15.2 Å². The quantitative estimate of drug-likeness (QED) is 0.384. The van der Waals surface area contributed by atoms with E-state index in [9.17, 15) is 14.7 Å². The summed E-state index contributed by atoms with van der Waals surface area (Å²) in [5.74, 6) is -0.560. The van der Waals surface area contributed by atoms with Gasteiger partial charge >= 0.3 is 11.9 Å². The van der Waals surface area contributed by atoms with Crippen LogP contribution in [0.3, 0.4) is 0 Å². The number of aromatic amines is 1. The molecule has 0 radical (unpaired) electrons. The van der Waals surface area contributed by atoms with Crippen molar-refractivity contribution in [2.24, 2.45) is 0 Å². The lowest BCUT2D eigenvalue weighted by Crippen LogP contribution is -1.97. The monoisotopic (exact) mass is 399 g/mol. The fraction of sp³-hybridized carbons (Fsp3) is 0.158. The fourth-order valence-corrected chi connectivity index (χ4v) is 3.10. The first kappa shape index (κ1) is 19.4. The lowest BCUT2D eigenvalue weighted by atomic mass is 10.1. The summed E-state index contributed by atoms with van der Waals surface area (Å²) in [5, 5.41) is 25.5. The molecule has 0 aliphatic rings. The van der Waals surface area contributed by atoms with E-state index in [0.29, 0.717) is 28.1 Å². The van der Waals surface area contributed by atoms with E-state index in [1.165, 1.54) is 18.2 Å². The third kappa shape index (κ3) is 4.68. The molecule has 0 amide bonds. The van der Waals surface area contributed by atoms with Crippen LogP contribution in [0.1, 0.15) is 35.3 Å². The van der Waals surface area contributed by atoms with Gasteiger partial charge in [0.25, 0.3) is 0 Å². The van der Waals surface area contributed by atoms with E-state index < -0.39 is 11.9 Å². The molecule has 3 rings (SSSR count). The summed E-state index contributed by atoms with van der Waals surface area (Å²) in [6.45, 7) is 2.02. The van der Waals surface area contributed by atoms with Crippen LogP contribution in [-0.2, 0) is 11.2 Å². The second kappa shape index (κ2) is 8.57. The normalized spacial score (nSPS) is 11.5. The molecule has 0 saturated heterocycles. The molecule has 0 atom stereocenters. The van der Waals surface area contributed by atoms with Gasteiger partial charge in [-0.15, -0.1) is 5.10 Å². The highest BCUT2D eigenvalue weighted by atomic mass is 32.2. The molecule has 144 valence electrons. The highest BCUT2D eigenvalue weighted by molar-refractivity contribution is 8.04. The second-order valence-electron chi connectivity index (χ2n) is 5.81. The van der Waals surface area contributed by atoms with E-state index in [-0.39, 0.29) is 10.5 Å². The van der Waals surface area contributed by atoms with Crippen LogP contribution in [0, 0.1) is 0 Å². The maximum absolute atomic E-state index is 11.6. The highest BCUT2D eigenvalue weighted by Gasteiger charge is 2.15. The summed E-state index contributed by atoms with van der Waals surface area (Å²) in [4.78, 5) is 26.8. The molecule has 0 unspecified atom stereocenters. The SMILES string of the molecule is CCCc1nc(S/C(=C\c2ccc(-c3ccc(C(=O)O)cc3)o2)C(=O)O)n[nH]1. The number of furan rings is 1. The zero-order valence-electron chi connectivity index (χ0n) is 14.9. The minimum atomic E-state index is -1.12. The third-order valence-electron chi connectivity index (χ3n) is 3.73. The Morgan fingerprint density at radius 2 is 1.93 bits per heavy atom. The molecular formula is C19H17N3O5S. The molecule has 2 aromatic heterocycles. The molecule has 2 heterocycles. The van der Waals surface area contributed by atoms with Crippen LogP contribution >= 0.6 is 11.8 Å². The van der Waals surface area contributed by atoms with Crippen LogP contribution in [0.2, 0.25) is 0 Å². The molecular weight excluding hydrogens is 382 g/mol. The highest BCUT2D eigenvalue weighted by Crippen LogP contribution is 2.28. The molecule has 0 fully saturated rings. The Morgan fingerprint density at radius 3 is 2.57 bits per heavy atom. The topological polar surface area (TPSA) is 129 Å². The summed E-state index contributed by atoms with van der Waals surface area (Å²) in [6.07, 6.45) is 3.05. The minimum Gasteiger partial charge on any atom is -0.478 e. The van der Waals surface area contributed by atoms with Crippen molar-refractivity contribution in [3.8, 4) is 11.3 Å². The Morgan fingerprint density at radius 1 is 1.18 bits per heavy atom. The molecule has 3 N–H and O–H groups in total. The predicted octanol–water partition coefficient (Wildman–Crippen LogP) is 3.93. The zero-order chi connectivity index (χ0) is 20.1. The van der Waals surface area contributed by atoms with Crippen molar-refractivity contribution in [1.29, 1.82) is 0 Å². The number of aromatic carboxylic acids is 1. The van der Waals surface area contributed by atoms with Gasteiger partial charge in [0, 0.05) is 18.1 Å². The van der Waals surface area contributed by atoms with Gasteiger partial charge in [0.1, 0.15) is 22.3 Å². The molecule has 0 saturated carbocycles. The average Bonchev–Trinajstić information content (AvgIpc) is 3.31. The summed E-state index contributed by atoms with van der Waals surface area (Å²) >= 11 is 0.931. The van der Waals surface area contributed by atoms with Crippen LogP contribution in [0.4, 0.5) is 0 Å². The number of carboxylic acids is 2. The summed E-state index contributed by atoms with van der Waals surface area (Å²) in [7, 11) is 0. The number of hydrogen-bond acceptors (Lipinski definition) is 6. The lowest BCUT2D eigenvalue weighted by Gasteiger charge is -1.99. The van der Waals surface area contributed by atoms with Crippen LogP contribution in [-0.4, -0.2) is 37.3 Å². The smallest absolute Gasteiger partial charge is 0.342 e. The molecule has 0 aliphatic heterocycles. The number of rotatable bonds is 8. The Bertz CT molecular complexity index is 1020. The van der Waals surface area contributed by atoms with E-state index in [4.69, 9.17) is 9.52 Å². The molecule has 9 heteroatoms. The van der Waals surface area contributed by atoms with Crippen molar-refractivity contribution in [1.82, 2.24) is 15.2 Å². The zero-order valence-corrected chi connectivity index (χ0v) is 15.7. The summed E-state index contributed by atoms with van der Waals surface area (Å²) < 4.78 is 5.68. The lowest BCUT2D eigenvalue weighted by molar-refractivity contribution is -0.131. The second-order valence-corrected chi connectivity index (χ2v) is 6.82. The van der Waals surface area contributed by atoms with Gasteiger partial charge in [-0.3, -0.25) is 5.10 Å². The number of nitrogens with zero attached hydrogens (tertiary/aromatic N) is 2. The van der Waals surface area contributed by atoms with E-state index in [1.807, 2.05) is 6.92 Å². The first-order valence-electron chi connectivity index (χ1n) is 8.44. The molecule has 0 bridgehead atoms. The van der Waals surface area contributed by atoms with Gasteiger partial charge < -0.3 is 14.6 Å². The largest absolute Gasteiger partial charge is 0.478 e. The number of thioether (sulfide) groups is 1. The van der Waals surface area contributed by atoms with Crippen molar-refractivity contribution in [3.05, 3.63) is 58.5 Å². The molecule has 8 nitrogen and oxygen atoms in total. The number of aryl methyl sites for hydroxylation is 1. The van der Waals surface area contributed by atoms with E-state index >= 15 is 0 Å². The first-order chi connectivity index (χ1) is 13.5. The first-order valence-corrected chi connectivity index (χ1v) is 9.25. The Labute approximate surface area is 164 Å². The van der Waals surface area contributed by atoms with Gasteiger partial charge in [-0.05, 0) is 42.4 Å². The Kier molecular flexibility index (Phi) is 5.95. The van der Waals surface area contributed by atoms with Gasteiger partial charge in [-0.1, -0.05) is 19.1 Å².